The molecule has 0 spiro atoms. The molecule has 5 heteroatoms. The van der Waals surface area contributed by atoms with Crippen molar-refractivity contribution < 1.29 is 4.79 Å². The Morgan fingerprint density at radius 3 is 2.63 bits per heavy atom. The van der Waals surface area contributed by atoms with Crippen LogP contribution in [0, 0.1) is 0 Å². The monoisotopic (exact) mass is 270 g/mol. The van der Waals surface area contributed by atoms with Gasteiger partial charge in [0.05, 0.1) is 6.04 Å². The SMILES string of the molecule is CCC1CN(C)CCCN1CC(NC(C)C)C(N)=O. The van der Waals surface area contributed by atoms with E-state index in [4.69, 9.17) is 5.73 Å². The van der Waals surface area contributed by atoms with Crippen LogP contribution in [-0.4, -0.2) is 67.1 Å². The van der Waals surface area contributed by atoms with Gasteiger partial charge in [0, 0.05) is 25.2 Å². The molecule has 1 aliphatic rings. The van der Waals surface area contributed by atoms with Crippen molar-refractivity contribution >= 4 is 5.91 Å². The van der Waals surface area contributed by atoms with Crippen LogP contribution in [0.2, 0.25) is 0 Å². The summed E-state index contributed by atoms with van der Waals surface area (Å²) in [6.07, 6.45) is 2.26. The number of nitrogens with zero attached hydrogens (tertiary/aromatic N) is 2. The number of primary amides is 1. The summed E-state index contributed by atoms with van der Waals surface area (Å²) >= 11 is 0. The molecule has 0 aromatic heterocycles. The molecule has 0 bridgehead atoms. The van der Waals surface area contributed by atoms with Crippen molar-refractivity contribution in [2.75, 3.05) is 33.2 Å². The second kappa shape index (κ2) is 7.82. The van der Waals surface area contributed by atoms with Gasteiger partial charge in [0.15, 0.2) is 0 Å². The summed E-state index contributed by atoms with van der Waals surface area (Å²) in [5, 5.41) is 3.27. The Morgan fingerprint density at radius 1 is 1.42 bits per heavy atom. The average molecular weight is 270 g/mol. The predicted molar refractivity (Wildman–Crippen MR) is 79.0 cm³/mol. The largest absolute Gasteiger partial charge is 0.368 e. The van der Waals surface area contributed by atoms with Gasteiger partial charge >= 0.3 is 0 Å². The van der Waals surface area contributed by atoms with E-state index in [9.17, 15) is 4.79 Å². The number of nitrogens with two attached hydrogens (primary N) is 1. The summed E-state index contributed by atoms with van der Waals surface area (Å²) in [5.74, 6) is -0.249. The molecule has 1 fully saturated rings. The fourth-order valence-corrected chi connectivity index (χ4v) is 2.78. The van der Waals surface area contributed by atoms with Crippen LogP contribution in [0.5, 0.6) is 0 Å². The first-order valence-corrected chi connectivity index (χ1v) is 7.42. The first-order chi connectivity index (χ1) is 8.93. The Balaban J connectivity index is 2.66. The van der Waals surface area contributed by atoms with Gasteiger partial charge in [-0.2, -0.15) is 0 Å². The molecular weight excluding hydrogens is 240 g/mol. The molecule has 112 valence electrons. The molecule has 1 heterocycles. The average Bonchev–Trinajstić information content (AvgIpc) is 2.49. The molecule has 3 N–H and O–H groups in total. The van der Waals surface area contributed by atoms with Gasteiger partial charge in [-0.25, -0.2) is 0 Å². The summed E-state index contributed by atoms with van der Waals surface area (Å²) in [6, 6.07) is 0.535. The van der Waals surface area contributed by atoms with Crippen molar-refractivity contribution in [1.82, 2.24) is 15.1 Å². The topological polar surface area (TPSA) is 61.6 Å². The normalized spacial score (nSPS) is 24.4. The van der Waals surface area contributed by atoms with Gasteiger partial charge in [0.1, 0.15) is 0 Å². The highest BCUT2D eigenvalue weighted by Crippen LogP contribution is 2.12. The van der Waals surface area contributed by atoms with Crippen LogP contribution in [0.3, 0.4) is 0 Å². The van der Waals surface area contributed by atoms with Gasteiger partial charge in [-0.1, -0.05) is 20.8 Å². The lowest BCUT2D eigenvalue weighted by atomic mass is 10.1. The summed E-state index contributed by atoms with van der Waals surface area (Å²) < 4.78 is 0. The smallest absolute Gasteiger partial charge is 0.235 e. The van der Waals surface area contributed by atoms with Gasteiger partial charge < -0.3 is 16.0 Å². The highest BCUT2D eigenvalue weighted by atomic mass is 16.1. The Hall–Kier alpha value is -0.650. The third kappa shape index (κ3) is 5.47. The van der Waals surface area contributed by atoms with Gasteiger partial charge in [-0.15, -0.1) is 0 Å². The zero-order valence-electron chi connectivity index (χ0n) is 12.9. The lowest BCUT2D eigenvalue weighted by Crippen LogP contribution is -2.54. The molecule has 1 rings (SSSR count). The van der Waals surface area contributed by atoms with Crippen molar-refractivity contribution in [1.29, 1.82) is 0 Å². The van der Waals surface area contributed by atoms with E-state index < -0.39 is 0 Å². The Kier molecular flexibility index (Phi) is 6.75. The number of carbonyl (C=O) groups excluding carboxylic acids is 1. The number of nitrogens with one attached hydrogen (secondary N) is 1. The quantitative estimate of drug-likeness (QED) is 0.726. The predicted octanol–water partition coefficient (Wildman–Crippen LogP) is 0.254. The summed E-state index contributed by atoms with van der Waals surface area (Å²) in [6.45, 7) is 10.3. The number of hydrogen-bond donors (Lipinski definition) is 2. The van der Waals surface area contributed by atoms with Gasteiger partial charge in [-0.3, -0.25) is 9.69 Å². The van der Waals surface area contributed by atoms with Crippen LogP contribution in [-0.2, 0) is 4.79 Å². The second-order valence-electron chi connectivity index (χ2n) is 5.95. The number of likely N-dealkylation sites (N-methyl/N-ethyl adjacent to an activating group) is 1. The van der Waals surface area contributed by atoms with E-state index in [1.54, 1.807) is 0 Å². The van der Waals surface area contributed by atoms with E-state index in [0.29, 0.717) is 6.04 Å². The standard InChI is InChI=1S/C14H30N4O/c1-5-12-9-17(4)7-6-8-18(12)10-13(14(15)19)16-11(2)3/h11-13,16H,5-10H2,1-4H3,(H2,15,19). The molecule has 0 aromatic carbocycles. The van der Waals surface area contributed by atoms with Crippen molar-refractivity contribution in [2.24, 2.45) is 5.73 Å². The van der Waals surface area contributed by atoms with Crippen LogP contribution < -0.4 is 11.1 Å². The Morgan fingerprint density at radius 2 is 2.11 bits per heavy atom. The minimum Gasteiger partial charge on any atom is -0.368 e. The van der Waals surface area contributed by atoms with Gasteiger partial charge in [0.25, 0.3) is 0 Å². The molecule has 0 radical (unpaired) electrons. The zero-order chi connectivity index (χ0) is 14.4. The van der Waals surface area contributed by atoms with E-state index in [0.717, 1.165) is 39.0 Å². The van der Waals surface area contributed by atoms with E-state index >= 15 is 0 Å². The minimum absolute atomic E-state index is 0.249. The maximum absolute atomic E-state index is 11.6. The third-order valence-electron chi connectivity index (χ3n) is 3.79. The minimum atomic E-state index is -0.252. The van der Waals surface area contributed by atoms with Crippen LogP contribution in [0.25, 0.3) is 0 Å². The molecule has 0 aliphatic carbocycles. The molecule has 5 nitrogen and oxygen atoms in total. The highest BCUT2D eigenvalue weighted by molar-refractivity contribution is 5.80. The maximum atomic E-state index is 11.6. The number of rotatable bonds is 6. The molecule has 0 aromatic rings. The first-order valence-electron chi connectivity index (χ1n) is 7.42. The molecule has 2 atom stereocenters. The van der Waals surface area contributed by atoms with Crippen LogP contribution >= 0.6 is 0 Å². The summed E-state index contributed by atoms with van der Waals surface area (Å²) in [7, 11) is 2.17. The number of carbonyl (C=O) groups is 1. The molecule has 19 heavy (non-hydrogen) atoms. The molecule has 1 amide bonds. The Labute approximate surface area is 117 Å². The summed E-state index contributed by atoms with van der Waals surface area (Å²) in [4.78, 5) is 16.4. The lowest BCUT2D eigenvalue weighted by molar-refractivity contribution is -0.120. The van der Waals surface area contributed by atoms with E-state index in [1.165, 1.54) is 0 Å². The third-order valence-corrected chi connectivity index (χ3v) is 3.79. The van der Waals surface area contributed by atoms with Crippen molar-refractivity contribution in [3.63, 3.8) is 0 Å². The van der Waals surface area contributed by atoms with Crippen molar-refractivity contribution in [3.05, 3.63) is 0 Å². The van der Waals surface area contributed by atoms with Crippen LogP contribution in [0.4, 0.5) is 0 Å². The molecule has 0 saturated carbocycles. The number of amides is 1. The maximum Gasteiger partial charge on any atom is 0.235 e. The van der Waals surface area contributed by atoms with Gasteiger partial charge in [0.2, 0.25) is 5.91 Å². The van der Waals surface area contributed by atoms with Crippen molar-refractivity contribution in [2.45, 2.75) is 51.7 Å². The molecule has 2 unspecified atom stereocenters. The second-order valence-corrected chi connectivity index (χ2v) is 5.95. The molecule has 1 saturated heterocycles. The summed E-state index contributed by atoms with van der Waals surface area (Å²) in [5.41, 5.74) is 5.52. The van der Waals surface area contributed by atoms with Crippen LogP contribution in [0.15, 0.2) is 0 Å². The lowest BCUT2D eigenvalue weighted by Gasteiger charge is -2.33. The van der Waals surface area contributed by atoms with Gasteiger partial charge in [-0.05, 0) is 33.0 Å². The number of hydrogen-bond acceptors (Lipinski definition) is 4. The van der Waals surface area contributed by atoms with E-state index in [2.05, 4.69) is 29.1 Å². The fourth-order valence-electron chi connectivity index (χ4n) is 2.78. The molecule has 1 aliphatic heterocycles. The molecular formula is C14H30N4O. The Bertz CT molecular complexity index is 283. The van der Waals surface area contributed by atoms with E-state index in [1.807, 2.05) is 13.8 Å². The first kappa shape index (κ1) is 16.4. The highest BCUT2D eigenvalue weighted by Gasteiger charge is 2.26. The van der Waals surface area contributed by atoms with E-state index in [-0.39, 0.29) is 18.0 Å². The van der Waals surface area contributed by atoms with Crippen LogP contribution in [0.1, 0.15) is 33.6 Å². The van der Waals surface area contributed by atoms with Crippen molar-refractivity contribution in [3.8, 4) is 0 Å². The zero-order valence-corrected chi connectivity index (χ0v) is 12.9. The fraction of sp³-hybridized carbons (Fsp3) is 0.929.